The number of guanidine groups is 1. The molecule has 2 aromatic rings. The lowest BCUT2D eigenvalue weighted by Gasteiger charge is -2.36. The molecule has 1 aliphatic rings. The number of aliphatic hydroxyl groups is 1. The van der Waals surface area contributed by atoms with Gasteiger partial charge in [-0.1, -0.05) is 35.5 Å². The Kier molecular flexibility index (Phi) is 9.89. The normalized spacial score (nSPS) is 16.4. The highest BCUT2D eigenvalue weighted by Gasteiger charge is 2.20. The molecule has 2 heterocycles. The van der Waals surface area contributed by atoms with Crippen LogP contribution in [0.5, 0.6) is 0 Å². The smallest absolute Gasteiger partial charge is 0.194 e. The van der Waals surface area contributed by atoms with E-state index in [2.05, 4.69) is 32.2 Å². The number of aryl methyl sites for hydroxylation is 1. The van der Waals surface area contributed by atoms with Crippen molar-refractivity contribution in [3.05, 3.63) is 53.4 Å². The largest absolute Gasteiger partial charge is 0.391 e. The molecular weight excluding hydrogens is 481 g/mol. The van der Waals surface area contributed by atoms with Gasteiger partial charge in [-0.3, -0.25) is 9.89 Å². The van der Waals surface area contributed by atoms with Crippen LogP contribution in [-0.4, -0.2) is 71.4 Å². The summed E-state index contributed by atoms with van der Waals surface area (Å²) in [6, 6.07) is 12.0. The SMILES string of the molecule is CCNC(=NCC(O)Cc1ccccc1)N1CCN(Cc2cc(C)on2)CC1.I. The van der Waals surface area contributed by atoms with E-state index in [-0.39, 0.29) is 24.0 Å². The summed E-state index contributed by atoms with van der Waals surface area (Å²) < 4.78 is 5.15. The molecule has 1 unspecified atom stereocenters. The predicted octanol–water partition coefficient (Wildman–Crippen LogP) is 2.29. The van der Waals surface area contributed by atoms with Gasteiger partial charge in [-0.2, -0.15) is 0 Å². The molecule has 3 rings (SSSR count). The molecule has 1 atom stereocenters. The van der Waals surface area contributed by atoms with Crippen LogP contribution in [0.3, 0.4) is 0 Å². The fourth-order valence-corrected chi connectivity index (χ4v) is 3.41. The van der Waals surface area contributed by atoms with Gasteiger partial charge < -0.3 is 19.8 Å². The number of hydrogen-bond acceptors (Lipinski definition) is 5. The van der Waals surface area contributed by atoms with E-state index in [4.69, 9.17) is 4.52 Å². The van der Waals surface area contributed by atoms with E-state index in [1.165, 1.54) is 0 Å². The number of aliphatic imine (C=N–C) groups is 1. The molecule has 1 saturated heterocycles. The van der Waals surface area contributed by atoms with Gasteiger partial charge in [0.25, 0.3) is 0 Å². The van der Waals surface area contributed by atoms with Crippen LogP contribution < -0.4 is 5.32 Å². The molecule has 0 bridgehead atoms. The second-order valence-electron chi connectivity index (χ2n) is 7.23. The molecule has 160 valence electrons. The lowest BCUT2D eigenvalue weighted by Crippen LogP contribution is -2.52. The highest BCUT2D eigenvalue weighted by atomic mass is 127. The van der Waals surface area contributed by atoms with Crippen LogP contribution in [0.2, 0.25) is 0 Å². The first-order valence-electron chi connectivity index (χ1n) is 10.0. The summed E-state index contributed by atoms with van der Waals surface area (Å²) in [5.74, 6) is 1.73. The Balaban J connectivity index is 0.00000300. The van der Waals surface area contributed by atoms with E-state index < -0.39 is 6.10 Å². The zero-order chi connectivity index (χ0) is 19.8. The Morgan fingerprint density at radius 2 is 1.97 bits per heavy atom. The number of benzene rings is 1. The molecule has 29 heavy (non-hydrogen) atoms. The third kappa shape index (κ3) is 7.60. The van der Waals surface area contributed by atoms with Gasteiger partial charge in [-0.25, -0.2) is 0 Å². The summed E-state index contributed by atoms with van der Waals surface area (Å²) in [7, 11) is 0. The zero-order valence-corrected chi connectivity index (χ0v) is 19.6. The van der Waals surface area contributed by atoms with Crippen LogP contribution in [0, 0.1) is 6.92 Å². The van der Waals surface area contributed by atoms with Gasteiger partial charge >= 0.3 is 0 Å². The van der Waals surface area contributed by atoms with Crippen molar-refractivity contribution in [2.75, 3.05) is 39.3 Å². The lowest BCUT2D eigenvalue weighted by molar-refractivity contribution is 0.166. The van der Waals surface area contributed by atoms with Crippen molar-refractivity contribution in [1.29, 1.82) is 0 Å². The standard InChI is InChI=1S/C21H31N5O2.HI/c1-3-22-21(23-15-20(27)14-18-7-5-4-6-8-18)26-11-9-25(10-12-26)16-19-13-17(2)28-24-19;/h4-8,13,20,27H,3,9-12,14-16H2,1-2H3,(H,22,23);1H. The number of aliphatic hydroxyl groups excluding tert-OH is 1. The van der Waals surface area contributed by atoms with Crippen molar-refractivity contribution in [3.8, 4) is 0 Å². The quantitative estimate of drug-likeness (QED) is 0.336. The third-order valence-electron chi connectivity index (χ3n) is 4.84. The summed E-state index contributed by atoms with van der Waals surface area (Å²) in [5, 5.41) is 17.8. The van der Waals surface area contributed by atoms with Crippen molar-refractivity contribution in [2.24, 2.45) is 4.99 Å². The van der Waals surface area contributed by atoms with Crippen LogP contribution in [0.25, 0.3) is 0 Å². The Morgan fingerprint density at radius 1 is 1.24 bits per heavy atom. The molecule has 0 aliphatic carbocycles. The molecule has 1 aromatic heterocycles. The Labute approximate surface area is 190 Å². The second kappa shape index (κ2) is 12.1. The number of piperazine rings is 1. The maximum atomic E-state index is 10.3. The van der Waals surface area contributed by atoms with Gasteiger partial charge in [0.2, 0.25) is 0 Å². The highest BCUT2D eigenvalue weighted by Crippen LogP contribution is 2.10. The third-order valence-corrected chi connectivity index (χ3v) is 4.84. The van der Waals surface area contributed by atoms with Crippen molar-refractivity contribution in [2.45, 2.75) is 32.9 Å². The van der Waals surface area contributed by atoms with Gasteiger partial charge in [0.05, 0.1) is 18.3 Å². The van der Waals surface area contributed by atoms with Crippen molar-refractivity contribution >= 4 is 29.9 Å². The topological polar surface area (TPSA) is 77.1 Å². The summed E-state index contributed by atoms with van der Waals surface area (Å²) in [5.41, 5.74) is 2.11. The maximum Gasteiger partial charge on any atom is 0.194 e. The predicted molar refractivity (Wildman–Crippen MR) is 126 cm³/mol. The van der Waals surface area contributed by atoms with Gasteiger partial charge in [-0.15, -0.1) is 24.0 Å². The first-order chi connectivity index (χ1) is 13.6. The maximum absolute atomic E-state index is 10.3. The van der Waals surface area contributed by atoms with Crippen LogP contribution in [0.15, 0.2) is 45.9 Å². The van der Waals surface area contributed by atoms with Gasteiger partial charge in [-0.05, 0) is 19.4 Å². The first-order valence-corrected chi connectivity index (χ1v) is 10.0. The molecule has 0 amide bonds. The summed E-state index contributed by atoms with van der Waals surface area (Å²) in [6.45, 7) is 9.70. The average Bonchev–Trinajstić information content (AvgIpc) is 3.11. The van der Waals surface area contributed by atoms with Crippen LogP contribution in [0.4, 0.5) is 0 Å². The molecule has 1 aromatic carbocycles. The van der Waals surface area contributed by atoms with Crippen LogP contribution in [0.1, 0.15) is 23.9 Å². The number of nitrogens with one attached hydrogen (secondary N) is 1. The van der Waals surface area contributed by atoms with Crippen molar-refractivity contribution in [1.82, 2.24) is 20.3 Å². The van der Waals surface area contributed by atoms with Gasteiger partial charge in [0.15, 0.2) is 5.96 Å². The minimum Gasteiger partial charge on any atom is -0.391 e. The average molecular weight is 513 g/mol. The molecule has 0 spiro atoms. The zero-order valence-electron chi connectivity index (χ0n) is 17.3. The van der Waals surface area contributed by atoms with Crippen LogP contribution >= 0.6 is 24.0 Å². The molecule has 7 nitrogen and oxygen atoms in total. The van der Waals surface area contributed by atoms with E-state index in [0.29, 0.717) is 13.0 Å². The summed E-state index contributed by atoms with van der Waals surface area (Å²) in [6.07, 6.45) is 0.141. The minimum atomic E-state index is -0.479. The molecule has 1 fully saturated rings. The molecule has 8 heteroatoms. The van der Waals surface area contributed by atoms with E-state index in [0.717, 1.165) is 62.2 Å². The Morgan fingerprint density at radius 3 is 2.59 bits per heavy atom. The van der Waals surface area contributed by atoms with Crippen LogP contribution in [-0.2, 0) is 13.0 Å². The molecule has 0 radical (unpaired) electrons. The van der Waals surface area contributed by atoms with E-state index in [1.54, 1.807) is 0 Å². The molecule has 1 aliphatic heterocycles. The summed E-state index contributed by atoms with van der Waals surface area (Å²) in [4.78, 5) is 9.32. The monoisotopic (exact) mass is 513 g/mol. The van der Waals surface area contributed by atoms with Gasteiger partial charge in [0, 0.05) is 51.8 Å². The lowest BCUT2D eigenvalue weighted by atomic mass is 10.1. The van der Waals surface area contributed by atoms with Crippen molar-refractivity contribution < 1.29 is 9.63 Å². The van der Waals surface area contributed by atoms with E-state index in [9.17, 15) is 5.11 Å². The molecule has 2 N–H and O–H groups in total. The first kappa shape index (κ1) is 23.6. The van der Waals surface area contributed by atoms with E-state index >= 15 is 0 Å². The number of halogens is 1. The Bertz CT molecular complexity index is 745. The number of hydrogen-bond donors (Lipinski definition) is 2. The molecule has 0 saturated carbocycles. The fraction of sp³-hybridized carbons (Fsp3) is 0.524. The molecular formula is C21H32IN5O2. The minimum absolute atomic E-state index is 0. The van der Waals surface area contributed by atoms with E-state index in [1.807, 2.05) is 43.3 Å². The number of nitrogens with zero attached hydrogens (tertiary/aromatic N) is 4. The highest BCUT2D eigenvalue weighted by molar-refractivity contribution is 14.0. The summed E-state index contributed by atoms with van der Waals surface area (Å²) >= 11 is 0. The fourth-order valence-electron chi connectivity index (χ4n) is 3.41. The van der Waals surface area contributed by atoms with Gasteiger partial charge in [0.1, 0.15) is 5.76 Å². The Hall–Kier alpha value is -1.65. The van der Waals surface area contributed by atoms with Crippen molar-refractivity contribution in [3.63, 3.8) is 0 Å². The number of rotatable bonds is 7. The second-order valence-corrected chi connectivity index (χ2v) is 7.23. The number of aromatic nitrogens is 1.